The van der Waals surface area contributed by atoms with Crippen molar-refractivity contribution in [2.24, 2.45) is 29.2 Å². The Morgan fingerprint density at radius 2 is 1.50 bits per heavy atom. The average Bonchev–Trinajstić information content (AvgIpc) is 0.944. The summed E-state index contributed by atoms with van der Waals surface area (Å²) in [5.74, 6) is 6.06. The Hall–Kier alpha value is -6.90. The highest BCUT2D eigenvalue weighted by Gasteiger charge is 2.53. The molecule has 38 nitrogen and oxygen atoms in total. The number of thioether (sulfide) groups is 1. The minimum atomic E-state index is -4.59. The Morgan fingerprint density at radius 1 is 0.815 bits per heavy atom. The third kappa shape index (κ3) is 28.8. The van der Waals surface area contributed by atoms with Crippen molar-refractivity contribution in [3.8, 4) is 40.9 Å². The van der Waals surface area contributed by atoms with E-state index in [2.05, 4.69) is 45.1 Å². The van der Waals surface area contributed by atoms with Gasteiger partial charge in [0.1, 0.15) is 54.0 Å². The van der Waals surface area contributed by atoms with Crippen molar-refractivity contribution in [3.05, 3.63) is 79.5 Å². The zero-order chi connectivity index (χ0) is 95.8. The molecule has 2 aliphatic carbocycles. The summed E-state index contributed by atoms with van der Waals surface area (Å²) in [4.78, 5) is 149. The van der Waals surface area contributed by atoms with Crippen LogP contribution in [0.25, 0.3) is 0 Å². The van der Waals surface area contributed by atoms with Crippen molar-refractivity contribution in [1.82, 2.24) is 21.0 Å². The Bertz CT molecular complexity index is 4530. The molecule has 4 aliphatic heterocycles. The van der Waals surface area contributed by atoms with Gasteiger partial charge in [0.05, 0.1) is 104 Å². The largest absolute Gasteiger partial charge is 0.492 e. The first-order valence-electron chi connectivity index (χ1n) is 42.8. The van der Waals surface area contributed by atoms with Crippen molar-refractivity contribution in [1.29, 1.82) is 0 Å². The predicted molar refractivity (Wildman–Crippen MR) is 486 cm³/mol. The Balaban J connectivity index is 1.02. The number of hydrogen-bond acceptors (Lipinski definition) is 34. The normalized spacial score (nSPS) is 28.3. The number of urea groups is 1. The molecule has 43 heteroatoms. The van der Waals surface area contributed by atoms with Gasteiger partial charge in [0.25, 0.3) is 0 Å². The molecule has 0 saturated carbocycles. The molecule has 15 N–H and O–H groups in total. The fraction of sp³-hybridized carbons (Fsp3) is 0.644. The van der Waals surface area contributed by atoms with Crippen molar-refractivity contribution >= 4 is 122 Å². The Morgan fingerprint density at radius 3 is 2.12 bits per heavy atom. The van der Waals surface area contributed by atoms with Crippen LogP contribution in [-0.2, 0) is 92.1 Å². The number of hydrogen-bond donors (Lipinski definition) is 13. The molecule has 1 unspecified atom stereocenters. The van der Waals surface area contributed by atoms with Gasteiger partial charge < -0.3 is 134 Å². The zero-order valence-electron chi connectivity index (χ0n) is 75.1. The van der Waals surface area contributed by atoms with E-state index in [1.165, 1.54) is 58.5 Å². The van der Waals surface area contributed by atoms with Crippen molar-refractivity contribution < 1.29 is 149 Å². The molecule has 0 radical (unpaired) electrons. The average molecular weight is 2020 g/mol. The molecule has 0 aromatic heterocycles. The molecule has 130 heavy (non-hydrogen) atoms. The summed E-state index contributed by atoms with van der Waals surface area (Å²) >= 11 is 2.73. The number of benzene rings is 2. The molecule has 4 fully saturated rings. The highest BCUT2D eigenvalue weighted by Crippen LogP contribution is 2.53. The number of anilines is 1. The van der Waals surface area contributed by atoms with Crippen molar-refractivity contribution in [3.63, 3.8) is 0 Å². The number of halogens is 1. The van der Waals surface area contributed by atoms with Gasteiger partial charge in [-0.05, 0) is 144 Å². The first-order chi connectivity index (χ1) is 61.7. The summed E-state index contributed by atoms with van der Waals surface area (Å²) in [6.45, 7) is 14.7. The molecule has 5 amide bonds. The van der Waals surface area contributed by atoms with Crippen LogP contribution in [0.4, 0.5) is 15.3 Å². The second-order valence-corrected chi connectivity index (χ2v) is 39.5. The van der Waals surface area contributed by atoms with Gasteiger partial charge in [0.15, 0.2) is 47.5 Å². The predicted octanol–water partition coefficient (Wildman–Crippen LogP) is 5.96. The quantitative estimate of drug-likeness (QED) is 0.00692. The van der Waals surface area contributed by atoms with Gasteiger partial charge in [-0.1, -0.05) is 102 Å². The SMILES string of the molecule is CCC(SSC/C=C1\C2=C(CC(=O)OC)C(=O)C[C@@]1(O)C#C/C=C\C#C[C@@H]2O[C@@H]1O[C@H](C)[C@@H](NO[C@H]2C[C@H](O)[C@H](SC(=O)c3c(C)c(I)c(O[C@@H]4O[C@@H](C)[C@H](O)[C@@H](OC)[C@H]4O)c(OC)c3OC)[C@@H](C)O2)[C@H](O)[C@H]1O[C@H]1C[C@H](OC)[C@@H](N(CC)C(=O)OCc2ccc(NC(=O)[C@H](CCCNC(N)=O)CC(=O)[C@@H](NC(=O)[C@H](CCCCN)CC(C)=O)C(C)C)cc2)CO1)P(=O)(O)O. The number of rotatable bonds is 45. The number of nitrogens with one attached hydrogen (secondary N) is 4. The van der Waals surface area contributed by atoms with Crippen LogP contribution in [0, 0.1) is 51.9 Å². The number of fused-ring (bicyclic) bond motifs is 2. The fourth-order valence-electron chi connectivity index (χ4n) is 15.9. The molecule has 23 atom stereocenters. The lowest BCUT2D eigenvalue weighted by Gasteiger charge is -2.47. The van der Waals surface area contributed by atoms with Crippen LogP contribution in [-0.4, -0.2) is 286 Å². The second-order valence-electron chi connectivity index (χ2n) is 32.5. The van der Waals surface area contributed by atoms with Gasteiger partial charge in [0, 0.05) is 93.0 Å². The van der Waals surface area contributed by atoms with E-state index in [-0.39, 0.29) is 128 Å². The van der Waals surface area contributed by atoms with E-state index in [1.807, 2.05) is 22.6 Å². The number of primary amides is 1. The second kappa shape index (κ2) is 51.2. The minimum Gasteiger partial charge on any atom is -0.492 e. The lowest BCUT2D eigenvalue weighted by molar-refractivity contribution is -0.337. The molecule has 6 aliphatic rings. The molecule has 2 aromatic rings. The van der Waals surface area contributed by atoms with Crippen LogP contribution >= 0.6 is 63.5 Å². The van der Waals surface area contributed by atoms with E-state index in [4.69, 9.17) is 77.9 Å². The zero-order valence-corrected chi connectivity index (χ0v) is 80.6. The van der Waals surface area contributed by atoms with Gasteiger partial charge in [-0.3, -0.25) is 38.2 Å². The number of aliphatic hydroxyl groups excluding tert-OH is 4. The van der Waals surface area contributed by atoms with Crippen LogP contribution in [0.3, 0.4) is 0 Å². The van der Waals surface area contributed by atoms with Crippen LogP contribution < -0.4 is 47.1 Å². The molecule has 8 rings (SSSR count). The maximum absolute atomic E-state index is 14.7. The summed E-state index contributed by atoms with van der Waals surface area (Å²) in [7, 11) is 3.84. The van der Waals surface area contributed by atoms with Crippen molar-refractivity contribution in [2.45, 2.75) is 272 Å². The maximum atomic E-state index is 14.7. The molecule has 2 bridgehead atoms. The van der Waals surface area contributed by atoms with Crippen LogP contribution in [0.5, 0.6) is 17.2 Å². The number of ketones is 3. The van der Waals surface area contributed by atoms with E-state index in [9.17, 15) is 83.0 Å². The number of allylic oxidation sites excluding steroid dienone is 2. The standard InChI is InChI=1S/C87H123IN7O31PS3/c1-15-65(127(110,111)112)130-128-35-31-55-67-54(38-62(100)114-11)59(99)41-87(55,109)32-21-18-17-19-26-60(67)123-84-77(72(102)70(47(7)121-84)94-126-64-39-58(98)79(49(9)120-64)129-82(106)66-46(6)68(88)75(78(117-14)74(66)115-12)125-83-73(103)76(116-13)71(101)48(8)122-83)124-63-40-61(113-10)56(43-118-63)95(16-2)86(108)119-42-50-27-29-53(30-28-50)92-80(104)52(25-23-34-91-85(90)107)37-57(97)69(44(3)4)93-81(105)51(36-45(5)96)24-20-22-33-89/h17-18,27-31,44,47-49,51-52,56,58,60-61,63-65,69-73,76-77,79,83-84,94,98,101-103,109H,15-16,20,22-25,33-43,89H2,1-14H3,(H,92,104)(H,93,105)(H3,90,91,107)(H2,110,111,112)/b18-17-,55-31+/t47-,48+,49-,51-,52-,56+,58+,60+,61+,63+,64+,65?,69+,70-,71+,72+,73-,76-,77-,79-,83+,84+,87+/m1/s1. The number of methoxy groups -OCH3 is 5. The maximum Gasteiger partial charge on any atom is 0.410 e. The van der Waals surface area contributed by atoms with Crippen LogP contribution in [0.15, 0.2) is 59.2 Å². The summed E-state index contributed by atoms with van der Waals surface area (Å²) in [6, 6.07) is 2.49. The Kier molecular flexibility index (Phi) is 42.7. The lowest BCUT2D eigenvalue weighted by atomic mass is 9.72. The number of ether oxygens (including phenoxy) is 13. The van der Waals surface area contributed by atoms with Crippen molar-refractivity contribution in [2.75, 3.05) is 72.9 Å². The molecular formula is C87H123IN7O31PS3. The minimum absolute atomic E-state index is 0.0146. The number of aliphatic hydroxyl groups is 5. The molecule has 0 spiro atoms. The van der Waals surface area contributed by atoms with E-state index in [1.54, 1.807) is 79.7 Å². The third-order valence-corrected chi connectivity index (χ3v) is 30.8. The summed E-state index contributed by atoms with van der Waals surface area (Å²) in [5.41, 5.74) is 12.4. The monoisotopic (exact) mass is 2020 g/mol. The molecule has 722 valence electrons. The van der Waals surface area contributed by atoms with Gasteiger partial charge in [0.2, 0.25) is 29.0 Å². The van der Waals surface area contributed by atoms with E-state index >= 15 is 0 Å². The molecular weight excluding hydrogens is 1890 g/mol. The first-order valence-corrected chi connectivity index (χ1v) is 48.8. The van der Waals surface area contributed by atoms with E-state index < -0.39 is 205 Å². The fourth-order valence-corrected chi connectivity index (χ4v) is 22.1. The molecule has 2 aromatic carbocycles. The first kappa shape index (κ1) is 108. The number of nitrogens with two attached hydrogens (primary N) is 2. The summed E-state index contributed by atoms with van der Waals surface area (Å²) in [5, 5.41) is 66.1. The number of nitrogens with zero attached hydrogens (tertiary/aromatic N) is 1. The van der Waals surface area contributed by atoms with Crippen LogP contribution in [0.1, 0.15) is 154 Å². The topological polar surface area (TPSA) is 545 Å². The number of Topliss-reactive ketones (excluding diaryl/α,β-unsaturated/α-hetero) is 3. The van der Waals surface area contributed by atoms with E-state index in [0.29, 0.717) is 46.2 Å². The Labute approximate surface area is 781 Å². The van der Waals surface area contributed by atoms with E-state index in [0.717, 1.165) is 40.5 Å². The summed E-state index contributed by atoms with van der Waals surface area (Å²) < 4.78 is 92.1. The van der Waals surface area contributed by atoms with Gasteiger partial charge in [-0.25, -0.2) is 9.59 Å². The highest BCUT2D eigenvalue weighted by atomic mass is 127. The third-order valence-electron chi connectivity index (χ3n) is 22.9. The molecule has 4 heterocycles. The number of carbonyl (C=O) groups is 9. The van der Waals surface area contributed by atoms with Gasteiger partial charge >= 0.3 is 25.7 Å². The van der Waals surface area contributed by atoms with Crippen LogP contribution in [0.2, 0.25) is 0 Å². The number of carbonyl (C=O) groups excluding carboxylic acids is 9. The number of hydroxylamine groups is 1. The number of unbranched alkanes of at least 4 members (excludes halogenated alkanes) is 1. The van der Waals surface area contributed by atoms with Gasteiger partial charge in [-0.2, -0.15) is 5.48 Å². The number of esters is 1. The highest BCUT2D eigenvalue weighted by molar-refractivity contribution is 14.1. The summed E-state index contributed by atoms with van der Waals surface area (Å²) in [6.07, 6.45) is -16.1. The smallest absolute Gasteiger partial charge is 0.410 e. The lowest BCUT2D eigenvalue weighted by Crippen LogP contribution is -2.65. The number of amides is 5. The molecule has 4 saturated heterocycles. The van der Waals surface area contributed by atoms with Gasteiger partial charge in [-0.15, -0.1) is 0 Å². The number of likely N-dealkylation sites (N-methyl/N-ethyl adjacent to an activating group) is 1.